The molecule has 2 aromatic carbocycles. The number of aromatic nitrogens is 2. The summed E-state index contributed by atoms with van der Waals surface area (Å²) >= 11 is 1.74. The molecule has 0 radical (unpaired) electrons. The maximum atomic E-state index is 12.7. The molecule has 6 nitrogen and oxygen atoms in total. The van der Waals surface area contributed by atoms with Gasteiger partial charge in [0.2, 0.25) is 0 Å². The minimum atomic E-state index is 0.0208. The highest BCUT2D eigenvalue weighted by atomic mass is 32.1. The lowest BCUT2D eigenvalue weighted by atomic mass is 10.1. The van der Waals surface area contributed by atoms with E-state index >= 15 is 0 Å². The number of anilines is 1. The van der Waals surface area contributed by atoms with Crippen LogP contribution in [0.5, 0.6) is 5.75 Å². The number of amides is 1. The van der Waals surface area contributed by atoms with Crippen LogP contribution in [-0.4, -0.2) is 53.6 Å². The molecule has 35 heavy (non-hydrogen) atoms. The van der Waals surface area contributed by atoms with Gasteiger partial charge in [-0.05, 0) is 43.5 Å². The first-order valence-electron chi connectivity index (χ1n) is 12.1. The summed E-state index contributed by atoms with van der Waals surface area (Å²) in [6.45, 7) is 7.18. The number of carbonyl (C=O) groups is 1. The highest BCUT2D eigenvalue weighted by Gasteiger charge is 2.25. The van der Waals surface area contributed by atoms with Crippen molar-refractivity contribution in [3.05, 3.63) is 82.5 Å². The molecule has 1 fully saturated rings. The van der Waals surface area contributed by atoms with Crippen molar-refractivity contribution in [3.8, 4) is 5.75 Å². The Kier molecular flexibility index (Phi) is 6.95. The van der Waals surface area contributed by atoms with Gasteiger partial charge in [-0.15, -0.1) is 11.3 Å². The van der Waals surface area contributed by atoms with E-state index in [0.717, 1.165) is 47.8 Å². The number of rotatable bonds is 7. The molecule has 5 rings (SSSR count). The average Bonchev–Trinajstić information content (AvgIpc) is 3.20. The summed E-state index contributed by atoms with van der Waals surface area (Å²) in [6.07, 6.45) is 1.72. The van der Waals surface area contributed by atoms with Crippen LogP contribution in [0.1, 0.15) is 21.8 Å². The molecule has 0 N–H and O–H groups in total. The number of aryl methyl sites for hydroxylation is 4. The van der Waals surface area contributed by atoms with Crippen LogP contribution in [0.2, 0.25) is 0 Å². The Hall–Kier alpha value is -3.45. The van der Waals surface area contributed by atoms with E-state index in [1.165, 1.54) is 16.0 Å². The van der Waals surface area contributed by atoms with Crippen LogP contribution < -0.4 is 9.64 Å². The standard InChI is InChI=1S/C28H30N4O2S/c1-20-21(2)35-28-26(20)27(29-24(30-28)14-13-22-9-5-3-6-10-22)32-17-15-31(16-18-32)25(33)19-34-23-11-7-4-8-12-23/h3-12H,13-19H2,1-2H3. The summed E-state index contributed by atoms with van der Waals surface area (Å²) < 4.78 is 5.66. The largest absolute Gasteiger partial charge is 0.484 e. The molecule has 3 heterocycles. The molecule has 0 aliphatic carbocycles. The molecule has 7 heteroatoms. The van der Waals surface area contributed by atoms with E-state index in [4.69, 9.17) is 14.7 Å². The second kappa shape index (κ2) is 10.4. The van der Waals surface area contributed by atoms with Crippen molar-refractivity contribution in [1.82, 2.24) is 14.9 Å². The molecule has 0 atom stereocenters. The maximum absolute atomic E-state index is 12.7. The fourth-order valence-corrected chi connectivity index (χ4v) is 5.48. The molecule has 1 aliphatic rings. The topological polar surface area (TPSA) is 58.6 Å². The van der Waals surface area contributed by atoms with Gasteiger partial charge in [0.25, 0.3) is 5.91 Å². The summed E-state index contributed by atoms with van der Waals surface area (Å²) in [6, 6.07) is 20.0. The third-order valence-corrected chi connectivity index (χ3v) is 7.67. The first-order valence-corrected chi connectivity index (χ1v) is 12.9. The van der Waals surface area contributed by atoms with E-state index in [0.29, 0.717) is 18.8 Å². The normalized spacial score (nSPS) is 13.9. The van der Waals surface area contributed by atoms with Crippen molar-refractivity contribution < 1.29 is 9.53 Å². The molecular weight excluding hydrogens is 456 g/mol. The van der Waals surface area contributed by atoms with E-state index in [1.54, 1.807) is 11.3 Å². The van der Waals surface area contributed by atoms with E-state index < -0.39 is 0 Å². The number of piperazine rings is 1. The van der Waals surface area contributed by atoms with E-state index in [-0.39, 0.29) is 12.5 Å². The molecular formula is C28H30N4O2S. The quantitative estimate of drug-likeness (QED) is 0.375. The van der Waals surface area contributed by atoms with Gasteiger partial charge in [-0.25, -0.2) is 9.97 Å². The van der Waals surface area contributed by atoms with E-state index in [1.807, 2.05) is 41.3 Å². The van der Waals surface area contributed by atoms with Gasteiger partial charge in [-0.3, -0.25) is 4.79 Å². The average molecular weight is 487 g/mol. The Morgan fingerprint density at radius 3 is 2.31 bits per heavy atom. The molecule has 0 unspecified atom stereocenters. The van der Waals surface area contributed by atoms with Crippen LogP contribution in [0.4, 0.5) is 5.82 Å². The number of ether oxygens (including phenoxy) is 1. The van der Waals surface area contributed by atoms with E-state index in [2.05, 4.69) is 43.0 Å². The summed E-state index contributed by atoms with van der Waals surface area (Å²) in [5.74, 6) is 2.63. The minimum absolute atomic E-state index is 0.0208. The fourth-order valence-electron chi connectivity index (χ4n) is 4.43. The molecule has 4 aromatic rings. The van der Waals surface area contributed by atoms with Gasteiger partial charge in [-0.2, -0.15) is 0 Å². The highest BCUT2D eigenvalue weighted by molar-refractivity contribution is 7.18. The number of thiophene rings is 1. The van der Waals surface area contributed by atoms with Crippen LogP contribution in [0.15, 0.2) is 60.7 Å². The fraction of sp³-hybridized carbons (Fsp3) is 0.321. The summed E-state index contributed by atoms with van der Waals surface area (Å²) in [5, 5.41) is 1.16. The zero-order chi connectivity index (χ0) is 24.2. The van der Waals surface area contributed by atoms with Crippen LogP contribution in [0.3, 0.4) is 0 Å². The second-order valence-electron chi connectivity index (χ2n) is 8.88. The zero-order valence-corrected chi connectivity index (χ0v) is 21.1. The molecule has 2 aromatic heterocycles. The Bertz CT molecular complexity index is 1300. The molecule has 1 amide bonds. The van der Waals surface area contributed by atoms with Crippen molar-refractivity contribution in [2.75, 3.05) is 37.7 Å². The number of para-hydroxylation sites is 1. The third-order valence-electron chi connectivity index (χ3n) is 6.57. The summed E-state index contributed by atoms with van der Waals surface area (Å²) in [7, 11) is 0. The first kappa shape index (κ1) is 23.3. The molecule has 0 bridgehead atoms. The van der Waals surface area contributed by atoms with Gasteiger partial charge < -0.3 is 14.5 Å². The predicted octanol–water partition coefficient (Wildman–Crippen LogP) is 4.82. The third kappa shape index (κ3) is 5.30. The number of benzene rings is 2. The molecule has 1 aliphatic heterocycles. The zero-order valence-electron chi connectivity index (χ0n) is 20.2. The minimum Gasteiger partial charge on any atom is -0.484 e. The van der Waals surface area contributed by atoms with Crippen molar-refractivity contribution in [2.24, 2.45) is 0 Å². The van der Waals surface area contributed by atoms with E-state index in [9.17, 15) is 4.79 Å². The lowest BCUT2D eigenvalue weighted by molar-refractivity contribution is -0.133. The summed E-state index contributed by atoms with van der Waals surface area (Å²) in [4.78, 5) is 29.2. The molecule has 0 saturated carbocycles. The number of nitrogens with zero attached hydrogens (tertiary/aromatic N) is 4. The number of carbonyl (C=O) groups excluding carboxylic acids is 1. The highest BCUT2D eigenvalue weighted by Crippen LogP contribution is 2.35. The van der Waals surface area contributed by atoms with Crippen molar-refractivity contribution in [3.63, 3.8) is 0 Å². The smallest absolute Gasteiger partial charge is 0.260 e. The van der Waals surface area contributed by atoms with Crippen LogP contribution in [0, 0.1) is 13.8 Å². The number of fused-ring (bicyclic) bond motifs is 1. The lowest BCUT2D eigenvalue weighted by Crippen LogP contribution is -2.50. The Morgan fingerprint density at radius 2 is 1.60 bits per heavy atom. The number of hydrogen-bond donors (Lipinski definition) is 0. The van der Waals surface area contributed by atoms with Crippen molar-refractivity contribution in [2.45, 2.75) is 26.7 Å². The van der Waals surface area contributed by atoms with Gasteiger partial charge in [0.05, 0.1) is 5.39 Å². The van der Waals surface area contributed by atoms with Crippen LogP contribution in [-0.2, 0) is 17.6 Å². The monoisotopic (exact) mass is 486 g/mol. The van der Waals surface area contributed by atoms with Gasteiger partial charge in [0, 0.05) is 37.5 Å². The maximum Gasteiger partial charge on any atom is 0.260 e. The van der Waals surface area contributed by atoms with Crippen molar-refractivity contribution in [1.29, 1.82) is 0 Å². The van der Waals surface area contributed by atoms with Gasteiger partial charge in [-0.1, -0.05) is 48.5 Å². The van der Waals surface area contributed by atoms with Gasteiger partial charge >= 0.3 is 0 Å². The Labute approximate surface area is 210 Å². The molecule has 0 spiro atoms. The van der Waals surface area contributed by atoms with Crippen molar-refractivity contribution >= 4 is 33.3 Å². The Balaban J connectivity index is 1.29. The van der Waals surface area contributed by atoms with Gasteiger partial charge in [0.1, 0.15) is 22.2 Å². The first-order chi connectivity index (χ1) is 17.1. The second-order valence-corrected chi connectivity index (χ2v) is 10.1. The molecule has 180 valence electrons. The van der Waals surface area contributed by atoms with Crippen LogP contribution >= 0.6 is 11.3 Å². The lowest BCUT2D eigenvalue weighted by Gasteiger charge is -2.35. The Morgan fingerprint density at radius 1 is 0.914 bits per heavy atom. The van der Waals surface area contributed by atoms with Gasteiger partial charge in [0.15, 0.2) is 6.61 Å². The van der Waals surface area contributed by atoms with Crippen LogP contribution in [0.25, 0.3) is 10.2 Å². The SMILES string of the molecule is Cc1sc2nc(CCc3ccccc3)nc(N3CCN(C(=O)COc4ccccc4)CC3)c2c1C. The number of hydrogen-bond acceptors (Lipinski definition) is 6. The molecule has 1 saturated heterocycles. The predicted molar refractivity (Wildman–Crippen MR) is 141 cm³/mol. The summed E-state index contributed by atoms with van der Waals surface area (Å²) in [5.41, 5.74) is 2.55.